The lowest BCUT2D eigenvalue weighted by molar-refractivity contribution is -0.0391. The van der Waals surface area contributed by atoms with Crippen LogP contribution in [0, 0.1) is 13.8 Å². The van der Waals surface area contributed by atoms with Crippen LogP contribution in [0.5, 0.6) is 5.75 Å². The second-order valence-electron chi connectivity index (χ2n) is 5.61. The Hall–Kier alpha value is -2.05. The van der Waals surface area contributed by atoms with E-state index in [0.29, 0.717) is 0 Å². The number of hydrogen-bond acceptors (Lipinski definition) is 5. The summed E-state index contributed by atoms with van der Waals surface area (Å²) in [5.41, 5.74) is 5.07. The van der Waals surface area contributed by atoms with Crippen LogP contribution < -0.4 is 4.74 Å². The summed E-state index contributed by atoms with van der Waals surface area (Å²) < 4.78 is 11.1. The second-order valence-corrected chi connectivity index (χ2v) is 6.58. The Morgan fingerprint density at radius 2 is 2.04 bits per heavy atom. The minimum absolute atomic E-state index is 0.291. The van der Waals surface area contributed by atoms with E-state index >= 15 is 0 Å². The van der Waals surface area contributed by atoms with Crippen LogP contribution in [-0.2, 0) is 10.5 Å². The summed E-state index contributed by atoms with van der Waals surface area (Å²) in [6.45, 7) is 5.91. The topological polar surface area (TPSA) is 60.0 Å². The molecule has 0 radical (unpaired) electrons. The lowest BCUT2D eigenvalue weighted by Crippen LogP contribution is -2.15. The van der Waals surface area contributed by atoms with E-state index in [-0.39, 0.29) is 6.29 Å². The Morgan fingerprint density at radius 3 is 2.79 bits per heavy atom. The standard InChI is InChI=1S/C18H21N3O2S/c1-11-9-19-16(12(2)17(11)23-13(3)22-4)10-24-18-20-14-7-5-6-8-15(14)21-18/h5-9,13H,10H2,1-4H3,(H,20,21). The monoisotopic (exact) mass is 343 g/mol. The van der Waals surface area contributed by atoms with Crippen molar-refractivity contribution in [1.82, 2.24) is 15.0 Å². The Morgan fingerprint density at radius 1 is 1.25 bits per heavy atom. The smallest absolute Gasteiger partial charge is 0.196 e. The molecule has 1 unspecified atom stereocenters. The molecule has 0 aliphatic heterocycles. The molecular weight excluding hydrogens is 322 g/mol. The van der Waals surface area contributed by atoms with Gasteiger partial charge in [-0.1, -0.05) is 23.9 Å². The van der Waals surface area contributed by atoms with Crippen LogP contribution in [0.1, 0.15) is 23.7 Å². The highest BCUT2D eigenvalue weighted by atomic mass is 32.2. The first-order valence-corrected chi connectivity index (χ1v) is 8.79. The van der Waals surface area contributed by atoms with Crippen molar-refractivity contribution in [3.8, 4) is 5.75 Å². The number of aromatic nitrogens is 3. The number of hydrogen-bond donors (Lipinski definition) is 1. The number of nitrogens with one attached hydrogen (secondary N) is 1. The molecule has 0 aliphatic rings. The van der Waals surface area contributed by atoms with Gasteiger partial charge in [-0.3, -0.25) is 4.98 Å². The molecule has 24 heavy (non-hydrogen) atoms. The van der Waals surface area contributed by atoms with Gasteiger partial charge in [-0.05, 0) is 32.9 Å². The normalized spacial score (nSPS) is 12.5. The van der Waals surface area contributed by atoms with Crippen LogP contribution >= 0.6 is 11.8 Å². The van der Waals surface area contributed by atoms with Crippen LogP contribution in [0.4, 0.5) is 0 Å². The molecule has 0 fully saturated rings. The first-order chi connectivity index (χ1) is 11.6. The van der Waals surface area contributed by atoms with E-state index in [4.69, 9.17) is 9.47 Å². The van der Waals surface area contributed by atoms with Gasteiger partial charge in [0.2, 0.25) is 0 Å². The largest absolute Gasteiger partial charge is 0.465 e. The summed E-state index contributed by atoms with van der Waals surface area (Å²) in [6.07, 6.45) is 1.56. The zero-order valence-corrected chi connectivity index (χ0v) is 15.1. The molecule has 0 aliphatic carbocycles. The molecule has 2 aromatic heterocycles. The first-order valence-electron chi connectivity index (χ1n) is 7.80. The van der Waals surface area contributed by atoms with Crippen LogP contribution in [0.3, 0.4) is 0 Å². The number of aromatic amines is 1. The number of ether oxygens (including phenoxy) is 2. The molecule has 3 aromatic rings. The maximum atomic E-state index is 5.87. The summed E-state index contributed by atoms with van der Waals surface area (Å²) in [5, 5.41) is 0.894. The fourth-order valence-corrected chi connectivity index (χ4v) is 3.34. The van der Waals surface area contributed by atoms with E-state index in [1.54, 1.807) is 18.9 Å². The predicted octanol–water partition coefficient (Wildman–Crippen LogP) is 4.24. The second kappa shape index (κ2) is 7.23. The Bertz CT molecular complexity index is 814. The predicted molar refractivity (Wildman–Crippen MR) is 96.5 cm³/mol. The molecule has 3 rings (SSSR count). The third-order valence-electron chi connectivity index (χ3n) is 3.87. The third-order valence-corrected chi connectivity index (χ3v) is 4.76. The van der Waals surface area contributed by atoms with Gasteiger partial charge in [0.25, 0.3) is 0 Å². The van der Waals surface area contributed by atoms with Gasteiger partial charge in [0.05, 0.1) is 16.7 Å². The van der Waals surface area contributed by atoms with Gasteiger partial charge in [-0.2, -0.15) is 0 Å². The van der Waals surface area contributed by atoms with Crippen LogP contribution in [0.25, 0.3) is 11.0 Å². The molecule has 0 saturated heterocycles. The van der Waals surface area contributed by atoms with Gasteiger partial charge in [0.15, 0.2) is 11.4 Å². The zero-order chi connectivity index (χ0) is 17.1. The lowest BCUT2D eigenvalue weighted by Gasteiger charge is -2.18. The van der Waals surface area contributed by atoms with Crippen LogP contribution in [0.2, 0.25) is 0 Å². The molecule has 2 heterocycles. The highest BCUT2D eigenvalue weighted by Crippen LogP contribution is 2.29. The molecule has 1 aromatic carbocycles. The van der Waals surface area contributed by atoms with E-state index in [1.165, 1.54) is 0 Å². The van der Waals surface area contributed by atoms with Crippen LogP contribution in [-0.4, -0.2) is 28.4 Å². The van der Waals surface area contributed by atoms with Crippen molar-refractivity contribution in [2.75, 3.05) is 7.11 Å². The lowest BCUT2D eigenvalue weighted by atomic mass is 10.1. The van der Waals surface area contributed by atoms with E-state index in [9.17, 15) is 0 Å². The van der Waals surface area contributed by atoms with Crippen molar-refractivity contribution in [1.29, 1.82) is 0 Å². The Labute approximate surface area is 145 Å². The Kier molecular flexibility index (Phi) is 5.06. The number of para-hydroxylation sites is 2. The molecular formula is C18H21N3O2S. The number of nitrogens with zero attached hydrogens (tertiary/aromatic N) is 2. The van der Waals surface area contributed by atoms with E-state index in [0.717, 1.165) is 44.5 Å². The first kappa shape index (κ1) is 16.8. The number of aryl methyl sites for hydroxylation is 1. The summed E-state index contributed by atoms with van der Waals surface area (Å²) in [7, 11) is 1.63. The summed E-state index contributed by atoms with van der Waals surface area (Å²) in [5.74, 6) is 1.57. The van der Waals surface area contributed by atoms with Crippen molar-refractivity contribution < 1.29 is 9.47 Å². The summed E-state index contributed by atoms with van der Waals surface area (Å²) in [6, 6.07) is 8.02. The minimum Gasteiger partial charge on any atom is -0.465 e. The molecule has 0 spiro atoms. The highest BCUT2D eigenvalue weighted by molar-refractivity contribution is 7.98. The number of benzene rings is 1. The molecule has 1 atom stereocenters. The number of fused-ring (bicyclic) bond motifs is 1. The average molecular weight is 343 g/mol. The fraction of sp³-hybridized carbons (Fsp3) is 0.333. The van der Waals surface area contributed by atoms with E-state index < -0.39 is 0 Å². The van der Waals surface area contributed by atoms with Crippen molar-refractivity contribution in [3.05, 3.63) is 47.3 Å². The van der Waals surface area contributed by atoms with Crippen molar-refractivity contribution in [2.24, 2.45) is 0 Å². The molecule has 0 saturated carbocycles. The number of rotatable bonds is 6. The fourth-order valence-electron chi connectivity index (χ4n) is 2.43. The number of H-pyrrole nitrogens is 1. The zero-order valence-electron chi connectivity index (χ0n) is 14.3. The van der Waals surface area contributed by atoms with Gasteiger partial charge >= 0.3 is 0 Å². The van der Waals surface area contributed by atoms with Gasteiger partial charge in [-0.25, -0.2) is 4.98 Å². The highest BCUT2D eigenvalue weighted by Gasteiger charge is 2.14. The third kappa shape index (κ3) is 3.55. The molecule has 1 N–H and O–H groups in total. The quantitative estimate of drug-likeness (QED) is 0.536. The van der Waals surface area contributed by atoms with Crippen molar-refractivity contribution in [3.63, 3.8) is 0 Å². The molecule has 5 nitrogen and oxygen atoms in total. The maximum absolute atomic E-state index is 5.87. The maximum Gasteiger partial charge on any atom is 0.196 e. The van der Waals surface area contributed by atoms with Crippen LogP contribution in [0.15, 0.2) is 35.6 Å². The average Bonchev–Trinajstić information content (AvgIpc) is 3.00. The van der Waals surface area contributed by atoms with Crippen molar-refractivity contribution >= 4 is 22.8 Å². The number of thioether (sulfide) groups is 1. The molecule has 0 bridgehead atoms. The minimum atomic E-state index is -0.291. The van der Waals surface area contributed by atoms with E-state index in [2.05, 4.69) is 15.0 Å². The summed E-state index contributed by atoms with van der Waals surface area (Å²) in [4.78, 5) is 12.5. The summed E-state index contributed by atoms with van der Waals surface area (Å²) >= 11 is 1.64. The van der Waals surface area contributed by atoms with Crippen molar-refractivity contribution in [2.45, 2.75) is 38.0 Å². The molecule has 6 heteroatoms. The number of pyridine rings is 1. The van der Waals surface area contributed by atoms with E-state index in [1.807, 2.05) is 51.2 Å². The SMILES string of the molecule is COC(C)Oc1c(C)cnc(CSc2nc3ccccc3[nH]2)c1C. The van der Waals surface area contributed by atoms with Gasteiger partial charge < -0.3 is 14.5 Å². The molecule has 0 amide bonds. The number of methoxy groups -OCH3 is 1. The Balaban J connectivity index is 1.78. The van der Waals surface area contributed by atoms with Gasteiger partial charge in [-0.15, -0.1) is 0 Å². The van der Waals surface area contributed by atoms with Gasteiger partial charge in [0.1, 0.15) is 5.75 Å². The molecule has 126 valence electrons. The number of imidazole rings is 1. The van der Waals surface area contributed by atoms with Gasteiger partial charge in [0, 0.05) is 30.2 Å².